The Morgan fingerprint density at radius 2 is 1.95 bits per heavy atom. The maximum atomic E-state index is 12.3. The molecule has 1 aromatic rings. The quantitative estimate of drug-likeness (QED) is 0.832. The van der Waals surface area contributed by atoms with Crippen LogP contribution in [0.3, 0.4) is 0 Å². The molecule has 22 heavy (non-hydrogen) atoms. The van der Waals surface area contributed by atoms with Crippen molar-refractivity contribution in [2.24, 2.45) is 5.92 Å². The van der Waals surface area contributed by atoms with Crippen LogP contribution in [0.15, 0.2) is 4.52 Å². The van der Waals surface area contributed by atoms with Gasteiger partial charge in [-0.3, -0.25) is 9.69 Å². The summed E-state index contributed by atoms with van der Waals surface area (Å²) in [5, 5.41) is 3.81. The molecular formula is C16H26N4O2. The highest BCUT2D eigenvalue weighted by Gasteiger charge is 2.23. The minimum Gasteiger partial charge on any atom is -0.340 e. The van der Waals surface area contributed by atoms with Crippen LogP contribution in [0.4, 0.5) is 0 Å². The van der Waals surface area contributed by atoms with Crippen LogP contribution < -0.4 is 0 Å². The van der Waals surface area contributed by atoms with Crippen LogP contribution in [0, 0.1) is 12.8 Å². The second kappa shape index (κ2) is 7.22. The monoisotopic (exact) mass is 306 g/mol. The highest BCUT2D eigenvalue weighted by molar-refractivity contribution is 5.76. The lowest BCUT2D eigenvalue weighted by Gasteiger charge is -2.34. The molecule has 1 aliphatic carbocycles. The Labute approximate surface area is 131 Å². The van der Waals surface area contributed by atoms with E-state index in [1.165, 1.54) is 25.7 Å². The number of hydrogen-bond acceptors (Lipinski definition) is 5. The summed E-state index contributed by atoms with van der Waals surface area (Å²) in [6, 6.07) is 0. The molecule has 0 aromatic carbocycles. The lowest BCUT2D eigenvalue weighted by atomic mass is 10.0. The number of aryl methyl sites for hydroxylation is 1. The third-order valence-corrected chi connectivity index (χ3v) is 4.89. The van der Waals surface area contributed by atoms with E-state index in [9.17, 15) is 4.79 Å². The Morgan fingerprint density at radius 1 is 1.23 bits per heavy atom. The largest absolute Gasteiger partial charge is 0.340 e. The average molecular weight is 306 g/mol. The Balaban J connectivity index is 1.38. The molecule has 0 unspecified atom stereocenters. The lowest BCUT2D eigenvalue weighted by Crippen LogP contribution is -2.48. The van der Waals surface area contributed by atoms with Gasteiger partial charge >= 0.3 is 0 Å². The van der Waals surface area contributed by atoms with Crippen molar-refractivity contribution < 1.29 is 9.32 Å². The summed E-state index contributed by atoms with van der Waals surface area (Å²) < 4.78 is 5.15. The fraction of sp³-hybridized carbons (Fsp3) is 0.812. The zero-order valence-corrected chi connectivity index (χ0v) is 13.5. The molecule has 6 nitrogen and oxygen atoms in total. The molecule has 6 heteroatoms. The fourth-order valence-electron chi connectivity index (χ4n) is 3.54. The van der Waals surface area contributed by atoms with Gasteiger partial charge in [-0.2, -0.15) is 4.98 Å². The van der Waals surface area contributed by atoms with E-state index in [4.69, 9.17) is 4.52 Å². The van der Waals surface area contributed by atoms with Crippen molar-refractivity contribution in [2.45, 2.75) is 52.0 Å². The third-order valence-electron chi connectivity index (χ3n) is 4.89. The third kappa shape index (κ3) is 4.06. The number of aromatic nitrogens is 2. The maximum absolute atomic E-state index is 12.3. The molecule has 0 radical (unpaired) electrons. The van der Waals surface area contributed by atoms with Gasteiger partial charge in [0.15, 0.2) is 5.82 Å². The first-order chi connectivity index (χ1) is 10.7. The maximum Gasteiger partial charge on any atom is 0.240 e. The Morgan fingerprint density at radius 3 is 2.59 bits per heavy atom. The molecule has 0 N–H and O–H groups in total. The summed E-state index contributed by atoms with van der Waals surface area (Å²) >= 11 is 0. The highest BCUT2D eigenvalue weighted by Crippen LogP contribution is 2.28. The van der Waals surface area contributed by atoms with Gasteiger partial charge in [0.25, 0.3) is 0 Å². The fourth-order valence-corrected chi connectivity index (χ4v) is 3.54. The first-order valence-electron chi connectivity index (χ1n) is 8.50. The number of amides is 1. The number of hydrogen-bond donors (Lipinski definition) is 0. The zero-order valence-electron chi connectivity index (χ0n) is 13.5. The molecule has 2 aliphatic rings. The van der Waals surface area contributed by atoms with Gasteiger partial charge in [0.1, 0.15) is 0 Å². The van der Waals surface area contributed by atoms with Crippen LogP contribution in [0.1, 0.15) is 50.2 Å². The van der Waals surface area contributed by atoms with Crippen molar-refractivity contribution in [2.75, 3.05) is 26.2 Å². The molecule has 0 atom stereocenters. The molecule has 1 saturated carbocycles. The molecule has 1 amide bonds. The first kappa shape index (κ1) is 15.5. The summed E-state index contributed by atoms with van der Waals surface area (Å²) in [6.45, 7) is 5.92. The predicted molar refractivity (Wildman–Crippen MR) is 82.1 cm³/mol. The van der Waals surface area contributed by atoms with E-state index in [-0.39, 0.29) is 0 Å². The minimum atomic E-state index is 0.334. The van der Waals surface area contributed by atoms with E-state index in [1.54, 1.807) is 0 Å². The number of piperazine rings is 1. The molecule has 0 bridgehead atoms. The molecule has 3 rings (SSSR count). The standard InChI is InChI=1S/C16H26N4O2/c1-13-17-15(22-18-13)12-19-8-10-20(11-9-19)16(21)7-6-14-4-2-3-5-14/h14H,2-12H2,1H3. The van der Waals surface area contributed by atoms with Crippen molar-refractivity contribution in [3.05, 3.63) is 11.7 Å². The SMILES string of the molecule is Cc1noc(CN2CCN(C(=O)CCC3CCCC3)CC2)n1. The van der Waals surface area contributed by atoms with Crippen molar-refractivity contribution in [3.63, 3.8) is 0 Å². The van der Waals surface area contributed by atoms with Gasteiger partial charge in [-0.15, -0.1) is 0 Å². The summed E-state index contributed by atoms with van der Waals surface area (Å²) in [7, 11) is 0. The Bertz CT molecular complexity index is 488. The van der Waals surface area contributed by atoms with Crippen LogP contribution in [-0.2, 0) is 11.3 Å². The van der Waals surface area contributed by atoms with Crippen LogP contribution in [0.2, 0.25) is 0 Å². The Hall–Kier alpha value is -1.43. The molecule has 122 valence electrons. The molecule has 2 fully saturated rings. The van der Waals surface area contributed by atoms with Crippen LogP contribution in [0.25, 0.3) is 0 Å². The van der Waals surface area contributed by atoms with Gasteiger partial charge in [0.05, 0.1) is 6.54 Å². The molecule has 1 aromatic heterocycles. The van der Waals surface area contributed by atoms with E-state index in [2.05, 4.69) is 15.0 Å². The van der Waals surface area contributed by atoms with E-state index in [1.807, 2.05) is 11.8 Å². The minimum absolute atomic E-state index is 0.334. The van der Waals surface area contributed by atoms with Crippen LogP contribution in [0.5, 0.6) is 0 Å². The highest BCUT2D eigenvalue weighted by atomic mass is 16.5. The van der Waals surface area contributed by atoms with Crippen molar-refractivity contribution in [1.29, 1.82) is 0 Å². The Kier molecular flexibility index (Phi) is 5.08. The van der Waals surface area contributed by atoms with Gasteiger partial charge in [-0.1, -0.05) is 30.8 Å². The van der Waals surface area contributed by atoms with Gasteiger partial charge in [-0.05, 0) is 19.3 Å². The van der Waals surface area contributed by atoms with E-state index in [0.29, 0.717) is 24.2 Å². The second-order valence-electron chi connectivity index (χ2n) is 6.58. The number of rotatable bonds is 5. The summed E-state index contributed by atoms with van der Waals surface area (Å²) in [5.41, 5.74) is 0. The number of carbonyl (C=O) groups excluding carboxylic acids is 1. The van der Waals surface area contributed by atoms with Gasteiger partial charge < -0.3 is 9.42 Å². The van der Waals surface area contributed by atoms with Gasteiger partial charge in [-0.25, -0.2) is 0 Å². The lowest BCUT2D eigenvalue weighted by molar-refractivity contribution is -0.133. The van der Waals surface area contributed by atoms with Crippen molar-refractivity contribution in [3.8, 4) is 0 Å². The van der Waals surface area contributed by atoms with Crippen LogP contribution in [-0.4, -0.2) is 52.0 Å². The van der Waals surface area contributed by atoms with E-state index in [0.717, 1.165) is 44.9 Å². The molecule has 1 saturated heterocycles. The smallest absolute Gasteiger partial charge is 0.240 e. The first-order valence-corrected chi connectivity index (χ1v) is 8.50. The average Bonchev–Trinajstić information content (AvgIpc) is 3.17. The molecule has 1 aliphatic heterocycles. The van der Waals surface area contributed by atoms with E-state index < -0.39 is 0 Å². The molecular weight excluding hydrogens is 280 g/mol. The number of nitrogens with zero attached hydrogens (tertiary/aromatic N) is 4. The summed E-state index contributed by atoms with van der Waals surface area (Å²) in [5.74, 6) is 2.47. The topological polar surface area (TPSA) is 62.5 Å². The van der Waals surface area contributed by atoms with Crippen LogP contribution >= 0.6 is 0 Å². The summed E-state index contributed by atoms with van der Waals surface area (Å²) in [6.07, 6.45) is 7.17. The number of carbonyl (C=O) groups is 1. The predicted octanol–water partition coefficient (Wildman–Crippen LogP) is 1.99. The molecule has 2 heterocycles. The summed E-state index contributed by atoms with van der Waals surface area (Å²) in [4.78, 5) is 20.8. The van der Waals surface area contributed by atoms with E-state index >= 15 is 0 Å². The molecule has 0 spiro atoms. The van der Waals surface area contributed by atoms with Gasteiger partial charge in [0, 0.05) is 32.6 Å². The zero-order chi connectivity index (χ0) is 15.4. The van der Waals surface area contributed by atoms with Crippen molar-refractivity contribution >= 4 is 5.91 Å². The second-order valence-corrected chi connectivity index (χ2v) is 6.58. The van der Waals surface area contributed by atoms with Gasteiger partial charge in [0.2, 0.25) is 11.8 Å². The normalized spacial score (nSPS) is 20.7. The van der Waals surface area contributed by atoms with Crippen molar-refractivity contribution in [1.82, 2.24) is 19.9 Å².